The van der Waals surface area contributed by atoms with Crippen LogP contribution in [0.5, 0.6) is 0 Å². The van der Waals surface area contributed by atoms with Crippen LogP contribution in [-0.4, -0.2) is 21.3 Å². The average Bonchev–Trinajstić information content (AvgIpc) is 2.02. The second-order valence-corrected chi connectivity index (χ2v) is 4.02. The van der Waals surface area contributed by atoms with Gasteiger partial charge in [0.2, 0.25) is 0 Å². The summed E-state index contributed by atoms with van der Waals surface area (Å²) in [6.07, 6.45) is 3.35. The van der Waals surface area contributed by atoms with E-state index in [2.05, 4.69) is 9.97 Å². The number of nitrogens with zero attached hydrogens (tertiary/aromatic N) is 2. The average molecular weight is 183 g/mol. The first-order valence-electron chi connectivity index (χ1n) is 3.68. The van der Waals surface area contributed by atoms with E-state index < -0.39 is 5.60 Å². The van der Waals surface area contributed by atoms with E-state index in [0.29, 0.717) is 10.9 Å². The smallest absolute Gasteiger partial charge is 0.187 e. The van der Waals surface area contributed by atoms with Crippen molar-refractivity contribution in [2.24, 2.45) is 0 Å². The summed E-state index contributed by atoms with van der Waals surface area (Å²) >= 11 is 1.39. The molecule has 0 saturated heterocycles. The van der Waals surface area contributed by atoms with E-state index >= 15 is 0 Å². The van der Waals surface area contributed by atoms with E-state index in [9.17, 15) is 5.11 Å². The molecule has 0 spiro atoms. The predicted molar refractivity (Wildman–Crippen MR) is 47.5 cm³/mol. The maximum Gasteiger partial charge on any atom is 0.187 e. The molecule has 0 aromatic carbocycles. The summed E-state index contributed by atoms with van der Waals surface area (Å²) in [5, 5.41) is 11.9. The van der Waals surface area contributed by atoms with Crippen LogP contribution in [0.25, 0.3) is 0 Å². The summed E-state index contributed by atoms with van der Waals surface area (Å²) in [5.74, 6) is 0.497. The zero-order valence-corrected chi connectivity index (χ0v) is 7.97. The van der Waals surface area contributed by atoms with Crippen molar-refractivity contribution >= 4 is 11.8 Å². The predicted octanol–water partition coefficient (Wildman–Crippen LogP) is 1.78. The number of hydrogen-bond donors (Lipinski definition) is 0. The Morgan fingerprint density at radius 2 is 2.00 bits per heavy atom. The molecule has 0 saturated carbocycles. The Hall–Kier alpha value is -0.610. The Bertz CT molecular complexity index is 233. The molecule has 65 valence electrons. The minimum Gasteiger partial charge on any atom is -0.231 e. The van der Waals surface area contributed by atoms with Gasteiger partial charge >= 0.3 is 0 Å². The third kappa shape index (κ3) is 3.69. The quantitative estimate of drug-likeness (QED) is 0.530. The largest absolute Gasteiger partial charge is 0.231 e. The van der Waals surface area contributed by atoms with E-state index in [1.165, 1.54) is 11.8 Å². The topological polar surface area (TPSA) is 45.7 Å². The summed E-state index contributed by atoms with van der Waals surface area (Å²) < 4.78 is 0. The van der Waals surface area contributed by atoms with Crippen LogP contribution >= 0.6 is 11.8 Å². The summed E-state index contributed by atoms with van der Waals surface area (Å²) in [4.78, 5) is 7.99. The second-order valence-electron chi connectivity index (χ2n) is 3.08. The van der Waals surface area contributed by atoms with Crippen LogP contribution in [0.3, 0.4) is 0 Å². The zero-order chi connectivity index (χ0) is 9.03. The number of aromatic nitrogens is 2. The van der Waals surface area contributed by atoms with Crippen LogP contribution in [-0.2, 0) is 5.11 Å². The van der Waals surface area contributed by atoms with Gasteiger partial charge in [0, 0.05) is 18.1 Å². The van der Waals surface area contributed by atoms with E-state index in [0.717, 1.165) is 0 Å². The van der Waals surface area contributed by atoms with Gasteiger partial charge in [0.1, 0.15) is 5.60 Å². The van der Waals surface area contributed by atoms with E-state index in [1.54, 1.807) is 32.3 Å². The monoisotopic (exact) mass is 183 g/mol. The molecule has 4 heteroatoms. The molecule has 3 nitrogen and oxygen atoms in total. The van der Waals surface area contributed by atoms with Gasteiger partial charge in [0.25, 0.3) is 0 Å². The fourth-order valence-corrected chi connectivity index (χ4v) is 1.35. The number of rotatable bonds is 3. The maximum atomic E-state index is 11.2. The highest BCUT2D eigenvalue weighted by molar-refractivity contribution is 7.99. The molecule has 0 aliphatic carbocycles. The lowest BCUT2D eigenvalue weighted by atomic mass is 10.2. The fourth-order valence-electron chi connectivity index (χ4n) is 0.598. The molecule has 0 bridgehead atoms. The molecule has 0 N–H and O–H groups in total. The summed E-state index contributed by atoms with van der Waals surface area (Å²) in [6.45, 7) is 3.31. The Morgan fingerprint density at radius 1 is 1.42 bits per heavy atom. The van der Waals surface area contributed by atoms with Crippen molar-refractivity contribution in [3.8, 4) is 0 Å². The summed E-state index contributed by atoms with van der Waals surface area (Å²) in [6, 6.07) is 1.76. The molecular formula is C8H11N2OS. The van der Waals surface area contributed by atoms with Crippen molar-refractivity contribution in [2.45, 2.75) is 24.6 Å². The number of thioether (sulfide) groups is 1. The fraction of sp³-hybridized carbons (Fsp3) is 0.500. The lowest BCUT2D eigenvalue weighted by Gasteiger charge is -2.11. The number of hydrogen-bond acceptors (Lipinski definition) is 3. The van der Waals surface area contributed by atoms with Gasteiger partial charge in [-0.25, -0.2) is 15.1 Å². The van der Waals surface area contributed by atoms with Gasteiger partial charge in [-0.1, -0.05) is 11.8 Å². The van der Waals surface area contributed by atoms with Crippen LogP contribution in [0.15, 0.2) is 23.6 Å². The normalized spacial score (nSPS) is 11.6. The van der Waals surface area contributed by atoms with Gasteiger partial charge in [0.05, 0.1) is 0 Å². The van der Waals surface area contributed by atoms with Crippen LogP contribution in [0.4, 0.5) is 0 Å². The van der Waals surface area contributed by atoms with E-state index in [1.807, 2.05) is 0 Å². The molecular weight excluding hydrogens is 172 g/mol. The first-order valence-corrected chi connectivity index (χ1v) is 4.67. The van der Waals surface area contributed by atoms with Crippen molar-refractivity contribution in [1.82, 2.24) is 9.97 Å². The molecule has 1 rings (SSSR count). The second kappa shape index (κ2) is 3.87. The minimum absolute atomic E-state index is 0.497. The van der Waals surface area contributed by atoms with Crippen molar-refractivity contribution in [3.63, 3.8) is 0 Å². The van der Waals surface area contributed by atoms with Crippen LogP contribution < -0.4 is 0 Å². The highest BCUT2D eigenvalue weighted by Crippen LogP contribution is 2.17. The van der Waals surface area contributed by atoms with Crippen molar-refractivity contribution < 1.29 is 5.11 Å². The molecule has 12 heavy (non-hydrogen) atoms. The maximum absolute atomic E-state index is 11.2. The van der Waals surface area contributed by atoms with Gasteiger partial charge in [-0.05, 0) is 19.9 Å². The first kappa shape index (κ1) is 9.48. The van der Waals surface area contributed by atoms with Crippen LogP contribution in [0.1, 0.15) is 13.8 Å². The van der Waals surface area contributed by atoms with Crippen molar-refractivity contribution in [3.05, 3.63) is 18.5 Å². The lowest BCUT2D eigenvalue weighted by Crippen LogP contribution is -2.19. The Balaban J connectivity index is 2.44. The van der Waals surface area contributed by atoms with Crippen LogP contribution in [0.2, 0.25) is 0 Å². The van der Waals surface area contributed by atoms with Gasteiger partial charge in [-0.3, -0.25) is 0 Å². The Kier molecular flexibility index (Phi) is 3.05. The SMILES string of the molecule is CC(C)([O])CSc1ncccn1. The highest BCUT2D eigenvalue weighted by Gasteiger charge is 2.15. The van der Waals surface area contributed by atoms with Gasteiger partial charge in [-0.2, -0.15) is 0 Å². The Morgan fingerprint density at radius 3 is 2.50 bits per heavy atom. The first-order chi connectivity index (χ1) is 5.58. The Labute approximate surface area is 76.2 Å². The molecule has 1 radical (unpaired) electrons. The van der Waals surface area contributed by atoms with Gasteiger partial charge in [0.15, 0.2) is 5.16 Å². The molecule has 0 fully saturated rings. The zero-order valence-electron chi connectivity index (χ0n) is 7.15. The molecule has 0 unspecified atom stereocenters. The lowest BCUT2D eigenvalue weighted by molar-refractivity contribution is 0.0263. The molecule has 1 heterocycles. The summed E-state index contributed by atoms with van der Waals surface area (Å²) in [7, 11) is 0. The van der Waals surface area contributed by atoms with E-state index in [-0.39, 0.29) is 0 Å². The third-order valence-electron chi connectivity index (χ3n) is 1.09. The molecule has 0 aliphatic heterocycles. The van der Waals surface area contributed by atoms with Gasteiger partial charge < -0.3 is 0 Å². The standard InChI is InChI=1S/C8H11N2OS/c1-8(2,11)6-12-7-9-4-3-5-10-7/h3-5H,6H2,1-2H3. The summed E-state index contributed by atoms with van der Waals surface area (Å²) in [5.41, 5.74) is -0.913. The van der Waals surface area contributed by atoms with Crippen LogP contribution in [0, 0.1) is 0 Å². The van der Waals surface area contributed by atoms with Gasteiger partial charge in [-0.15, -0.1) is 0 Å². The third-order valence-corrected chi connectivity index (χ3v) is 2.40. The molecule has 0 amide bonds. The molecule has 0 atom stereocenters. The van der Waals surface area contributed by atoms with Crippen molar-refractivity contribution in [2.75, 3.05) is 5.75 Å². The molecule has 1 aromatic rings. The minimum atomic E-state index is -0.913. The highest BCUT2D eigenvalue weighted by atomic mass is 32.2. The molecule has 1 aromatic heterocycles. The molecule has 0 aliphatic rings. The van der Waals surface area contributed by atoms with Crippen molar-refractivity contribution in [1.29, 1.82) is 0 Å². The van der Waals surface area contributed by atoms with E-state index in [4.69, 9.17) is 0 Å².